The Morgan fingerprint density at radius 2 is 2.04 bits per heavy atom. The fourth-order valence-corrected chi connectivity index (χ4v) is 2.65. The Hall–Kier alpha value is -3.02. The average molecular weight is 339 g/mol. The average Bonchev–Trinajstić information content (AvgIpc) is 2.65. The second-order valence-corrected chi connectivity index (χ2v) is 5.91. The molecule has 6 nitrogen and oxygen atoms in total. The van der Waals surface area contributed by atoms with Crippen molar-refractivity contribution in [3.8, 4) is 5.75 Å². The van der Waals surface area contributed by atoms with Gasteiger partial charge in [0.05, 0.1) is 5.69 Å². The molecule has 2 aromatic rings. The molecule has 130 valence electrons. The number of rotatable bonds is 6. The van der Waals surface area contributed by atoms with Crippen molar-refractivity contribution in [1.29, 1.82) is 0 Å². The van der Waals surface area contributed by atoms with Crippen molar-refractivity contribution >= 4 is 23.2 Å². The summed E-state index contributed by atoms with van der Waals surface area (Å²) in [6.07, 6.45) is 0.842. The first kappa shape index (κ1) is 16.8. The maximum atomic E-state index is 12.2. The zero-order chi connectivity index (χ0) is 17.6. The van der Waals surface area contributed by atoms with Crippen LogP contribution in [-0.2, 0) is 4.79 Å². The highest BCUT2D eigenvalue weighted by atomic mass is 16.5. The molecule has 2 amide bonds. The number of hydrogen-bond acceptors (Lipinski definition) is 4. The van der Waals surface area contributed by atoms with Gasteiger partial charge in [-0.05, 0) is 36.8 Å². The van der Waals surface area contributed by atoms with E-state index < -0.39 is 0 Å². The Bertz CT molecular complexity index is 762. The molecule has 1 aliphatic heterocycles. The quantitative estimate of drug-likeness (QED) is 0.792. The van der Waals surface area contributed by atoms with E-state index in [2.05, 4.69) is 27.7 Å². The lowest BCUT2D eigenvalue weighted by atomic mass is 10.1. The van der Waals surface area contributed by atoms with E-state index in [0.29, 0.717) is 23.5 Å². The SMILES string of the molecule is CN(CCCNC(=O)c1ccc2c(c1)OCC(=O)N2)c1ccccc1. The first-order valence-corrected chi connectivity index (χ1v) is 8.24. The molecule has 0 aliphatic carbocycles. The lowest BCUT2D eigenvalue weighted by molar-refractivity contribution is -0.118. The van der Waals surface area contributed by atoms with E-state index in [4.69, 9.17) is 4.74 Å². The molecule has 0 saturated carbocycles. The number of benzene rings is 2. The summed E-state index contributed by atoms with van der Waals surface area (Å²) in [6, 6.07) is 15.1. The number of fused-ring (bicyclic) bond motifs is 1. The smallest absolute Gasteiger partial charge is 0.262 e. The van der Waals surface area contributed by atoms with Crippen molar-refractivity contribution in [2.45, 2.75) is 6.42 Å². The van der Waals surface area contributed by atoms with Crippen molar-refractivity contribution in [3.05, 3.63) is 54.1 Å². The van der Waals surface area contributed by atoms with Gasteiger partial charge >= 0.3 is 0 Å². The van der Waals surface area contributed by atoms with E-state index in [1.807, 2.05) is 25.2 Å². The van der Waals surface area contributed by atoms with Crippen LogP contribution in [0.5, 0.6) is 5.75 Å². The molecule has 3 rings (SSSR count). The van der Waals surface area contributed by atoms with Gasteiger partial charge in [0.15, 0.2) is 6.61 Å². The second-order valence-electron chi connectivity index (χ2n) is 5.91. The molecule has 1 heterocycles. The summed E-state index contributed by atoms with van der Waals surface area (Å²) < 4.78 is 5.33. The molecule has 0 atom stereocenters. The van der Waals surface area contributed by atoms with E-state index in [1.165, 1.54) is 0 Å². The van der Waals surface area contributed by atoms with Crippen LogP contribution in [0.3, 0.4) is 0 Å². The first-order chi connectivity index (χ1) is 12.1. The molecule has 0 aromatic heterocycles. The molecule has 0 radical (unpaired) electrons. The van der Waals surface area contributed by atoms with Gasteiger partial charge in [-0.15, -0.1) is 0 Å². The number of ether oxygens (including phenoxy) is 1. The Labute approximate surface area is 146 Å². The molecule has 1 aliphatic rings. The molecule has 0 fully saturated rings. The van der Waals surface area contributed by atoms with E-state index in [-0.39, 0.29) is 18.4 Å². The van der Waals surface area contributed by atoms with Gasteiger partial charge in [0.2, 0.25) is 0 Å². The maximum absolute atomic E-state index is 12.2. The van der Waals surface area contributed by atoms with Crippen molar-refractivity contribution in [2.75, 3.05) is 37.0 Å². The van der Waals surface area contributed by atoms with Gasteiger partial charge in [-0.2, -0.15) is 0 Å². The maximum Gasteiger partial charge on any atom is 0.262 e. The Balaban J connectivity index is 1.47. The number of nitrogens with one attached hydrogen (secondary N) is 2. The van der Waals surface area contributed by atoms with Crippen LogP contribution in [-0.4, -0.2) is 38.6 Å². The van der Waals surface area contributed by atoms with E-state index >= 15 is 0 Å². The standard InChI is InChI=1S/C19H21N3O3/c1-22(15-6-3-2-4-7-15)11-5-10-20-19(24)14-8-9-16-17(12-14)25-13-18(23)21-16/h2-4,6-9,12H,5,10-11,13H2,1H3,(H,20,24)(H,21,23). The highest BCUT2D eigenvalue weighted by Crippen LogP contribution is 2.28. The Morgan fingerprint density at radius 3 is 2.84 bits per heavy atom. The summed E-state index contributed by atoms with van der Waals surface area (Å²) in [4.78, 5) is 25.7. The van der Waals surface area contributed by atoms with Gasteiger partial charge in [0.1, 0.15) is 5.75 Å². The van der Waals surface area contributed by atoms with Gasteiger partial charge in [0, 0.05) is 31.4 Å². The summed E-state index contributed by atoms with van der Waals surface area (Å²) in [6.45, 7) is 1.41. The molecular formula is C19H21N3O3. The lowest BCUT2D eigenvalue weighted by Gasteiger charge is -2.19. The number of carbonyl (C=O) groups is 2. The largest absolute Gasteiger partial charge is 0.482 e. The Kier molecular flexibility index (Phi) is 5.18. The number of anilines is 2. The number of amides is 2. The van der Waals surface area contributed by atoms with Gasteiger partial charge in [-0.25, -0.2) is 0 Å². The summed E-state index contributed by atoms with van der Waals surface area (Å²) in [5.74, 6) is 0.189. The normalized spacial score (nSPS) is 12.6. The molecule has 2 aromatic carbocycles. The van der Waals surface area contributed by atoms with E-state index in [9.17, 15) is 9.59 Å². The molecule has 0 saturated heterocycles. The zero-order valence-corrected chi connectivity index (χ0v) is 14.1. The number of nitrogens with zero attached hydrogens (tertiary/aromatic N) is 1. The second kappa shape index (κ2) is 7.70. The fourth-order valence-electron chi connectivity index (χ4n) is 2.65. The highest BCUT2D eigenvalue weighted by molar-refractivity contribution is 5.98. The van der Waals surface area contributed by atoms with E-state index in [1.54, 1.807) is 18.2 Å². The van der Waals surface area contributed by atoms with Gasteiger partial charge in [0.25, 0.3) is 11.8 Å². The minimum Gasteiger partial charge on any atom is -0.482 e. The monoisotopic (exact) mass is 339 g/mol. The van der Waals surface area contributed by atoms with Crippen molar-refractivity contribution in [3.63, 3.8) is 0 Å². The third-order valence-electron chi connectivity index (χ3n) is 4.03. The van der Waals surface area contributed by atoms with Crippen LogP contribution in [0.15, 0.2) is 48.5 Å². The predicted octanol–water partition coefficient (Wildman–Crippen LogP) is 2.27. The third kappa shape index (κ3) is 4.29. The number of para-hydroxylation sites is 1. The summed E-state index contributed by atoms with van der Waals surface area (Å²) in [7, 11) is 2.03. The van der Waals surface area contributed by atoms with Crippen LogP contribution in [0.4, 0.5) is 11.4 Å². The minimum atomic E-state index is -0.188. The molecule has 0 unspecified atom stereocenters. The minimum absolute atomic E-state index is 0.0239. The van der Waals surface area contributed by atoms with Crippen molar-refractivity contribution in [2.24, 2.45) is 0 Å². The summed E-state index contributed by atoms with van der Waals surface area (Å²) in [5, 5.41) is 5.62. The number of carbonyl (C=O) groups excluding carboxylic acids is 2. The third-order valence-corrected chi connectivity index (χ3v) is 4.03. The summed E-state index contributed by atoms with van der Waals surface area (Å²) in [5.41, 5.74) is 2.27. The van der Waals surface area contributed by atoms with Crippen LogP contribution in [0.1, 0.15) is 16.8 Å². The van der Waals surface area contributed by atoms with Crippen molar-refractivity contribution < 1.29 is 14.3 Å². The fraction of sp³-hybridized carbons (Fsp3) is 0.263. The zero-order valence-electron chi connectivity index (χ0n) is 14.1. The highest BCUT2D eigenvalue weighted by Gasteiger charge is 2.17. The molecule has 0 spiro atoms. The molecular weight excluding hydrogens is 318 g/mol. The molecule has 25 heavy (non-hydrogen) atoms. The lowest BCUT2D eigenvalue weighted by Crippen LogP contribution is -2.29. The molecule has 0 bridgehead atoms. The van der Waals surface area contributed by atoms with E-state index in [0.717, 1.165) is 18.7 Å². The predicted molar refractivity (Wildman–Crippen MR) is 97.2 cm³/mol. The van der Waals surface area contributed by atoms with Gasteiger partial charge < -0.3 is 20.3 Å². The Morgan fingerprint density at radius 1 is 1.24 bits per heavy atom. The van der Waals surface area contributed by atoms with Crippen LogP contribution < -0.4 is 20.3 Å². The van der Waals surface area contributed by atoms with Crippen LogP contribution >= 0.6 is 0 Å². The first-order valence-electron chi connectivity index (χ1n) is 8.24. The van der Waals surface area contributed by atoms with Gasteiger partial charge in [-0.3, -0.25) is 9.59 Å². The topological polar surface area (TPSA) is 70.7 Å². The summed E-state index contributed by atoms with van der Waals surface area (Å²) >= 11 is 0. The van der Waals surface area contributed by atoms with Crippen LogP contribution in [0.2, 0.25) is 0 Å². The van der Waals surface area contributed by atoms with Crippen LogP contribution in [0.25, 0.3) is 0 Å². The van der Waals surface area contributed by atoms with Crippen molar-refractivity contribution in [1.82, 2.24) is 5.32 Å². The van der Waals surface area contributed by atoms with Crippen LogP contribution in [0, 0.1) is 0 Å². The number of hydrogen-bond donors (Lipinski definition) is 2. The molecule has 2 N–H and O–H groups in total. The van der Waals surface area contributed by atoms with Gasteiger partial charge in [-0.1, -0.05) is 18.2 Å². The molecule has 6 heteroatoms.